The minimum atomic E-state index is 0.256. The molecule has 0 spiro atoms. The van der Waals surface area contributed by atoms with Crippen LogP contribution in [0.2, 0.25) is 0 Å². The fourth-order valence-corrected chi connectivity index (χ4v) is 2.80. The van der Waals surface area contributed by atoms with Gasteiger partial charge in [-0.15, -0.1) is 0 Å². The third-order valence-corrected chi connectivity index (χ3v) is 4.16. The van der Waals surface area contributed by atoms with Crippen molar-refractivity contribution in [1.82, 2.24) is 14.6 Å². The predicted molar refractivity (Wildman–Crippen MR) is 94.5 cm³/mol. The molecule has 0 amide bonds. The minimum Gasteiger partial charge on any atom is -0.377 e. The largest absolute Gasteiger partial charge is 0.377 e. The van der Waals surface area contributed by atoms with Crippen LogP contribution < -0.4 is 5.32 Å². The van der Waals surface area contributed by atoms with Crippen LogP contribution in [0.25, 0.3) is 5.52 Å². The van der Waals surface area contributed by atoms with E-state index in [9.17, 15) is 0 Å². The second-order valence-electron chi connectivity index (χ2n) is 5.43. The normalized spacial score (nSPS) is 12.4. The smallest absolute Gasteiger partial charge is 0.153 e. The van der Waals surface area contributed by atoms with Gasteiger partial charge in [-0.3, -0.25) is 0 Å². The average molecular weight is 375 g/mol. The van der Waals surface area contributed by atoms with Gasteiger partial charge in [0.15, 0.2) is 5.82 Å². The van der Waals surface area contributed by atoms with E-state index in [1.807, 2.05) is 24.4 Å². The van der Waals surface area contributed by atoms with E-state index < -0.39 is 0 Å². The van der Waals surface area contributed by atoms with Gasteiger partial charge >= 0.3 is 0 Å². The molecule has 0 aliphatic carbocycles. The summed E-state index contributed by atoms with van der Waals surface area (Å²) in [5.74, 6) is 0.826. The molecule has 0 fully saturated rings. The highest BCUT2D eigenvalue weighted by Crippen LogP contribution is 2.23. The minimum absolute atomic E-state index is 0.256. The van der Waals surface area contributed by atoms with Crippen molar-refractivity contribution in [2.45, 2.75) is 26.0 Å². The Bertz CT molecular complexity index is 760. The van der Waals surface area contributed by atoms with E-state index >= 15 is 0 Å². The lowest BCUT2D eigenvalue weighted by Gasteiger charge is -2.15. The zero-order valence-electron chi connectivity index (χ0n) is 12.9. The Kier molecular flexibility index (Phi) is 5.25. The van der Waals surface area contributed by atoms with Gasteiger partial charge in [0.1, 0.15) is 5.52 Å². The molecule has 1 atom stereocenters. The Balaban J connectivity index is 1.51. The number of fused-ring (bicyclic) bond motifs is 1. The van der Waals surface area contributed by atoms with Crippen molar-refractivity contribution in [3.8, 4) is 0 Å². The maximum Gasteiger partial charge on any atom is 0.153 e. The van der Waals surface area contributed by atoms with Crippen molar-refractivity contribution in [2.24, 2.45) is 0 Å². The van der Waals surface area contributed by atoms with Crippen LogP contribution >= 0.6 is 15.9 Å². The maximum absolute atomic E-state index is 5.74. The van der Waals surface area contributed by atoms with Crippen LogP contribution in [0.15, 0.2) is 53.4 Å². The molecule has 23 heavy (non-hydrogen) atoms. The molecule has 2 heterocycles. The number of anilines is 1. The second kappa shape index (κ2) is 7.57. The van der Waals surface area contributed by atoms with Crippen molar-refractivity contribution in [3.63, 3.8) is 0 Å². The molecule has 0 aliphatic heterocycles. The molecule has 0 bridgehead atoms. The van der Waals surface area contributed by atoms with Gasteiger partial charge in [0.2, 0.25) is 0 Å². The van der Waals surface area contributed by atoms with Gasteiger partial charge in [-0.2, -0.15) is 5.10 Å². The molecule has 5 nitrogen and oxygen atoms in total. The quantitative estimate of drug-likeness (QED) is 0.637. The fraction of sp³-hybridized carbons (Fsp3) is 0.294. The number of halogens is 1. The highest BCUT2D eigenvalue weighted by molar-refractivity contribution is 9.10. The lowest BCUT2D eigenvalue weighted by atomic mass is 10.2. The number of aromatic nitrogens is 3. The zero-order chi connectivity index (χ0) is 16.1. The summed E-state index contributed by atoms with van der Waals surface area (Å²) in [6.45, 7) is 3.48. The first kappa shape index (κ1) is 16.0. The van der Waals surface area contributed by atoms with E-state index in [2.05, 4.69) is 50.4 Å². The predicted octanol–water partition coefficient (Wildman–Crippen LogP) is 3.90. The van der Waals surface area contributed by atoms with E-state index in [0.717, 1.165) is 22.2 Å². The molecular formula is C17H19BrN4O. The number of rotatable bonds is 7. The second-order valence-corrected chi connectivity index (χ2v) is 6.29. The fourth-order valence-electron chi connectivity index (χ4n) is 2.34. The lowest BCUT2D eigenvalue weighted by Crippen LogP contribution is -2.19. The molecule has 0 aliphatic rings. The molecular weight excluding hydrogens is 356 g/mol. The Morgan fingerprint density at radius 1 is 1.30 bits per heavy atom. The molecule has 6 heteroatoms. The van der Waals surface area contributed by atoms with Crippen molar-refractivity contribution in [1.29, 1.82) is 0 Å². The monoisotopic (exact) mass is 374 g/mol. The standard InChI is InChI=1S/C17H19BrN4O/c1-13(7-10-23-12-14-5-3-2-4-6-14)21-17-16-15(18)11-20-22(16)9-8-19-17/h2-6,8-9,11,13H,7,10,12H2,1H3,(H,19,21). The van der Waals surface area contributed by atoms with Gasteiger partial charge in [0.05, 0.1) is 17.3 Å². The molecule has 2 aromatic heterocycles. The SMILES string of the molecule is CC(CCOCc1ccccc1)Nc1nccn2ncc(Br)c12. The summed E-state index contributed by atoms with van der Waals surface area (Å²) in [6.07, 6.45) is 6.25. The summed E-state index contributed by atoms with van der Waals surface area (Å²) in [5.41, 5.74) is 2.15. The molecule has 1 N–H and O–H groups in total. The highest BCUT2D eigenvalue weighted by Gasteiger charge is 2.10. The van der Waals surface area contributed by atoms with Crippen molar-refractivity contribution >= 4 is 27.3 Å². The first-order valence-corrected chi connectivity index (χ1v) is 8.39. The van der Waals surface area contributed by atoms with E-state index in [4.69, 9.17) is 4.74 Å². The summed E-state index contributed by atoms with van der Waals surface area (Å²) < 4.78 is 8.47. The third-order valence-electron chi connectivity index (χ3n) is 3.58. The Morgan fingerprint density at radius 2 is 2.13 bits per heavy atom. The topological polar surface area (TPSA) is 51.5 Å². The number of benzene rings is 1. The third kappa shape index (κ3) is 4.09. The van der Waals surface area contributed by atoms with Crippen LogP contribution in [0.3, 0.4) is 0 Å². The van der Waals surface area contributed by atoms with Gasteiger partial charge in [-0.1, -0.05) is 30.3 Å². The number of ether oxygens (including phenoxy) is 1. The van der Waals surface area contributed by atoms with E-state index in [1.165, 1.54) is 5.56 Å². The van der Waals surface area contributed by atoms with Gasteiger partial charge in [-0.25, -0.2) is 9.50 Å². The summed E-state index contributed by atoms with van der Waals surface area (Å²) >= 11 is 3.51. The van der Waals surface area contributed by atoms with E-state index in [1.54, 1.807) is 16.9 Å². The summed E-state index contributed by atoms with van der Waals surface area (Å²) in [6, 6.07) is 10.5. The van der Waals surface area contributed by atoms with Crippen molar-refractivity contribution < 1.29 is 4.74 Å². The van der Waals surface area contributed by atoms with Crippen LogP contribution in [0.1, 0.15) is 18.9 Å². The number of nitrogens with zero attached hydrogens (tertiary/aromatic N) is 3. The molecule has 0 saturated carbocycles. The van der Waals surface area contributed by atoms with Crippen LogP contribution in [0, 0.1) is 0 Å². The Labute approximate surface area is 143 Å². The number of hydrogen-bond donors (Lipinski definition) is 1. The molecule has 1 unspecified atom stereocenters. The van der Waals surface area contributed by atoms with Gasteiger partial charge in [0.25, 0.3) is 0 Å². The molecule has 1 aromatic carbocycles. The van der Waals surface area contributed by atoms with E-state index in [0.29, 0.717) is 13.2 Å². The van der Waals surface area contributed by atoms with Crippen LogP contribution in [-0.2, 0) is 11.3 Å². The molecule has 3 rings (SSSR count). The van der Waals surface area contributed by atoms with Gasteiger partial charge in [-0.05, 0) is 34.8 Å². The van der Waals surface area contributed by atoms with Gasteiger partial charge in [0, 0.05) is 25.0 Å². The maximum atomic E-state index is 5.74. The first-order valence-electron chi connectivity index (χ1n) is 7.60. The lowest BCUT2D eigenvalue weighted by molar-refractivity contribution is 0.116. The molecule has 0 radical (unpaired) electrons. The Hall–Kier alpha value is -1.92. The number of hydrogen-bond acceptors (Lipinski definition) is 4. The van der Waals surface area contributed by atoms with Crippen molar-refractivity contribution in [3.05, 3.63) is 59.0 Å². The summed E-state index contributed by atoms with van der Waals surface area (Å²) in [5, 5.41) is 7.69. The summed E-state index contributed by atoms with van der Waals surface area (Å²) in [4.78, 5) is 4.41. The van der Waals surface area contributed by atoms with Crippen LogP contribution in [-0.4, -0.2) is 27.2 Å². The summed E-state index contributed by atoms with van der Waals surface area (Å²) in [7, 11) is 0. The Morgan fingerprint density at radius 3 is 2.96 bits per heavy atom. The number of nitrogens with one attached hydrogen (secondary N) is 1. The zero-order valence-corrected chi connectivity index (χ0v) is 14.5. The van der Waals surface area contributed by atoms with Crippen LogP contribution in [0.4, 0.5) is 5.82 Å². The molecule has 3 aromatic rings. The highest BCUT2D eigenvalue weighted by atomic mass is 79.9. The van der Waals surface area contributed by atoms with Gasteiger partial charge < -0.3 is 10.1 Å². The van der Waals surface area contributed by atoms with E-state index in [-0.39, 0.29) is 6.04 Å². The van der Waals surface area contributed by atoms with Crippen LogP contribution in [0.5, 0.6) is 0 Å². The first-order chi connectivity index (χ1) is 11.2. The average Bonchev–Trinajstić information content (AvgIpc) is 2.95. The van der Waals surface area contributed by atoms with Crippen molar-refractivity contribution in [2.75, 3.05) is 11.9 Å². The molecule has 0 saturated heterocycles. The molecule has 120 valence electrons.